The van der Waals surface area contributed by atoms with E-state index in [2.05, 4.69) is 15.1 Å². The minimum Gasteiger partial charge on any atom is -0.368 e. The number of hydrogen-bond acceptors (Lipinski definition) is 5. The highest BCUT2D eigenvalue weighted by molar-refractivity contribution is 6.30. The summed E-state index contributed by atoms with van der Waals surface area (Å²) >= 11 is 6.02. The molecule has 1 amide bonds. The van der Waals surface area contributed by atoms with Crippen LogP contribution in [0.3, 0.4) is 0 Å². The predicted molar refractivity (Wildman–Crippen MR) is 114 cm³/mol. The van der Waals surface area contributed by atoms with Crippen molar-refractivity contribution >= 4 is 34.6 Å². The van der Waals surface area contributed by atoms with Gasteiger partial charge in [-0.3, -0.25) is 14.9 Å². The molecule has 4 rings (SSSR count). The standard InChI is InChI=1S/C21H23ClN4O3/c1-2-23-21(27)18-12-14-11-17(26(28)29)7-8-19(14)25-10-9-24(13-20(18)25)16-5-3-15(22)4-6-16/h3-8,11,18,20H,2,9-10,12-13H2,1H3,(H,23,27)/t18-,20+/m1/s1. The second-order valence-electron chi connectivity index (χ2n) is 7.46. The van der Waals surface area contributed by atoms with Crippen molar-refractivity contribution in [1.82, 2.24) is 5.32 Å². The normalized spacial score (nSPS) is 20.6. The molecule has 0 unspecified atom stereocenters. The molecule has 152 valence electrons. The molecule has 29 heavy (non-hydrogen) atoms. The number of carbonyl (C=O) groups is 1. The highest BCUT2D eigenvalue weighted by Gasteiger charge is 2.41. The van der Waals surface area contributed by atoms with Crippen LogP contribution in [0, 0.1) is 16.0 Å². The molecule has 1 fully saturated rings. The number of fused-ring (bicyclic) bond motifs is 3. The maximum absolute atomic E-state index is 12.9. The number of nitrogens with one attached hydrogen (secondary N) is 1. The van der Waals surface area contributed by atoms with E-state index in [9.17, 15) is 14.9 Å². The summed E-state index contributed by atoms with van der Waals surface area (Å²) in [6, 6.07) is 12.7. The Kier molecular flexibility index (Phi) is 5.32. The molecule has 2 aromatic carbocycles. The quantitative estimate of drug-likeness (QED) is 0.613. The average molecular weight is 415 g/mol. The molecular formula is C21H23ClN4O3. The number of hydrogen-bond donors (Lipinski definition) is 1. The first-order valence-corrected chi connectivity index (χ1v) is 10.2. The van der Waals surface area contributed by atoms with Crippen LogP contribution < -0.4 is 15.1 Å². The van der Waals surface area contributed by atoms with Gasteiger partial charge in [-0.25, -0.2) is 0 Å². The van der Waals surface area contributed by atoms with Crippen LogP contribution in [-0.4, -0.2) is 43.1 Å². The van der Waals surface area contributed by atoms with Gasteiger partial charge in [0.05, 0.1) is 16.9 Å². The van der Waals surface area contributed by atoms with Crippen molar-refractivity contribution in [3.05, 3.63) is 63.2 Å². The minimum atomic E-state index is -0.383. The first-order chi connectivity index (χ1) is 14.0. The second-order valence-corrected chi connectivity index (χ2v) is 7.89. The van der Waals surface area contributed by atoms with Crippen LogP contribution in [0.25, 0.3) is 0 Å². The van der Waals surface area contributed by atoms with Crippen molar-refractivity contribution in [1.29, 1.82) is 0 Å². The Hall–Kier alpha value is -2.80. The molecule has 2 atom stereocenters. The Balaban J connectivity index is 1.67. The second kappa shape index (κ2) is 7.91. The minimum absolute atomic E-state index is 0.0000609. The highest BCUT2D eigenvalue weighted by atomic mass is 35.5. The molecule has 0 bridgehead atoms. The van der Waals surface area contributed by atoms with Gasteiger partial charge in [0.25, 0.3) is 5.69 Å². The van der Waals surface area contributed by atoms with Crippen LogP contribution in [0.1, 0.15) is 12.5 Å². The van der Waals surface area contributed by atoms with E-state index >= 15 is 0 Å². The van der Waals surface area contributed by atoms with E-state index in [1.165, 1.54) is 0 Å². The zero-order chi connectivity index (χ0) is 20.5. The number of halogens is 1. The summed E-state index contributed by atoms with van der Waals surface area (Å²) in [5, 5.41) is 14.8. The van der Waals surface area contributed by atoms with E-state index in [0.717, 1.165) is 30.0 Å². The van der Waals surface area contributed by atoms with Crippen molar-refractivity contribution in [2.75, 3.05) is 36.0 Å². The molecule has 2 aromatic rings. The molecule has 7 nitrogen and oxygen atoms in total. The number of benzene rings is 2. The van der Waals surface area contributed by atoms with Crippen molar-refractivity contribution in [2.45, 2.75) is 19.4 Å². The topological polar surface area (TPSA) is 78.7 Å². The number of nitro benzene ring substituents is 1. The largest absolute Gasteiger partial charge is 0.368 e. The number of nitro groups is 1. The summed E-state index contributed by atoms with van der Waals surface area (Å²) in [5.74, 6) is -0.267. The van der Waals surface area contributed by atoms with E-state index in [1.807, 2.05) is 37.3 Å². The van der Waals surface area contributed by atoms with Crippen molar-refractivity contribution in [2.24, 2.45) is 5.92 Å². The first kappa shape index (κ1) is 19.5. The van der Waals surface area contributed by atoms with Gasteiger partial charge in [0.2, 0.25) is 5.91 Å². The van der Waals surface area contributed by atoms with Crippen LogP contribution in [0.2, 0.25) is 5.02 Å². The molecule has 2 aliphatic rings. The van der Waals surface area contributed by atoms with Crippen LogP contribution in [0.5, 0.6) is 0 Å². The van der Waals surface area contributed by atoms with Gasteiger partial charge >= 0.3 is 0 Å². The third-order valence-electron chi connectivity index (χ3n) is 5.79. The van der Waals surface area contributed by atoms with Gasteiger partial charge in [0, 0.05) is 54.7 Å². The van der Waals surface area contributed by atoms with Gasteiger partial charge in [0.15, 0.2) is 0 Å². The number of nitrogens with zero attached hydrogens (tertiary/aromatic N) is 3. The number of non-ortho nitro benzene ring substituents is 1. The maximum atomic E-state index is 12.9. The van der Waals surface area contributed by atoms with Gasteiger partial charge in [-0.05, 0) is 49.2 Å². The fourth-order valence-electron chi connectivity index (χ4n) is 4.41. The molecule has 1 N–H and O–H groups in total. The molecule has 1 saturated heterocycles. The molecular weight excluding hydrogens is 392 g/mol. The summed E-state index contributed by atoms with van der Waals surface area (Å²) in [6.07, 6.45) is 0.498. The molecule has 8 heteroatoms. The summed E-state index contributed by atoms with van der Waals surface area (Å²) in [4.78, 5) is 28.2. The van der Waals surface area contributed by atoms with Gasteiger partial charge < -0.3 is 15.1 Å². The van der Waals surface area contributed by atoms with Crippen molar-refractivity contribution in [3.63, 3.8) is 0 Å². The number of piperazine rings is 1. The lowest BCUT2D eigenvalue weighted by Gasteiger charge is -2.49. The molecule has 0 radical (unpaired) electrons. The van der Waals surface area contributed by atoms with Crippen LogP contribution in [0.4, 0.5) is 17.1 Å². The van der Waals surface area contributed by atoms with Crippen LogP contribution in [-0.2, 0) is 11.2 Å². The Morgan fingerprint density at radius 2 is 2.00 bits per heavy atom. The Bertz CT molecular complexity index is 934. The Morgan fingerprint density at radius 1 is 1.24 bits per heavy atom. The summed E-state index contributed by atoms with van der Waals surface area (Å²) in [7, 11) is 0. The Labute approximate surface area is 174 Å². The van der Waals surface area contributed by atoms with E-state index < -0.39 is 0 Å². The number of carbonyl (C=O) groups excluding carboxylic acids is 1. The lowest BCUT2D eigenvalue weighted by atomic mass is 9.83. The molecule has 0 saturated carbocycles. The number of anilines is 2. The molecule has 2 heterocycles. The van der Waals surface area contributed by atoms with E-state index in [1.54, 1.807) is 12.1 Å². The SMILES string of the molecule is CCNC(=O)[C@@H]1Cc2cc([N+](=O)[O-])ccc2N2CCN(c3ccc(Cl)cc3)C[C@@H]12. The lowest BCUT2D eigenvalue weighted by molar-refractivity contribution is -0.384. The van der Waals surface area contributed by atoms with Gasteiger partial charge in [0.1, 0.15) is 0 Å². The molecule has 0 aromatic heterocycles. The average Bonchev–Trinajstić information content (AvgIpc) is 2.73. The van der Waals surface area contributed by atoms with Gasteiger partial charge in [-0.2, -0.15) is 0 Å². The highest BCUT2D eigenvalue weighted by Crippen LogP contribution is 2.38. The van der Waals surface area contributed by atoms with E-state index in [-0.39, 0.29) is 28.5 Å². The third kappa shape index (κ3) is 3.74. The van der Waals surface area contributed by atoms with Crippen LogP contribution >= 0.6 is 11.6 Å². The fourth-order valence-corrected chi connectivity index (χ4v) is 4.54. The summed E-state index contributed by atoms with van der Waals surface area (Å²) < 4.78 is 0. The molecule has 0 aliphatic carbocycles. The summed E-state index contributed by atoms with van der Waals surface area (Å²) in [6.45, 7) is 4.72. The lowest BCUT2D eigenvalue weighted by Crippen LogP contribution is -2.61. The first-order valence-electron chi connectivity index (χ1n) is 9.80. The fraction of sp³-hybridized carbons (Fsp3) is 0.381. The van der Waals surface area contributed by atoms with Gasteiger partial charge in [-0.1, -0.05) is 11.6 Å². The van der Waals surface area contributed by atoms with Crippen molar-refractivity contribution < 1.29 is 9.72 Å². The molecule has 2 aliphatic heterocycles. The van der Waals surface area contributed by atoms with Crippen molar-refractivity contribution in [3.8, 4) is 0 Å². The van der Waals surface area contributed by atoms with E-state index in [4.69, 9.17) is 11.6 Å². The molecule has 0 spiro atoms. The van der Waals surface area contributed by atoms with Gasteiger partial charge in [-0.15, -0.1) is 0 Å². The zero-order valence-electron chi connectivity index (χ0n) is 16.2. The summed E-state index contributed by atoms with van der Waals surface area (Å²) in [5.41, 5.74) is 3.01. The number of rotatable bonds is 4. The third-order valence-corrected chi connectivity index (χ3v) is 6.04. The maximum Gasteiger partial charge on any atom is 0.269 e. The zero-order valence-corrected chi connectivity index (χ0v) is 16.9. The predicted octanol–water partition coefficient (Wildman–Crippen LogP) is 3.25. The smallest absolute Gasteiger partial charge is 0.269 e. The van der Waals surface area contributed by atoms with Crippen LogP contribution in [0.15, 0.2) is 42.5 Å². The van der Waals surface area contributed by atoms with E-state index in [0.29, 0.717) is 24.5 Å². The monoisotopic (exact) mass is 414 g/mol. The number of amides is 1. The Morgan fingerprint density at radius 3 is 2.69 bits per heavy atom.